The molecule has 0 saturated heterocycles. The van der Waals surface area contributed by atoms with Crippen LogP contribution in [-0.4, -0.2) is 6.04 Å². The van der Waals surface area contributed by atoms with E-state index in [9.17, 15) is 0 Å². The molecule has 0 bridgehead atoms. The van der Waals surface area contributed by atoms with E-state index in [2.05, 4.69) is 218 Å². The lowest BCUT2D eigenvalue weighted by atomic mass is 9.70. The summed E-state index contributed by atoms with van der Waals surface area (Å²) in [6.45, 7) is 2.90. The molecule has 1 spiro atoms. The van der Waals surface area contributed by atoms with Gasteiger partial charge in [-0.05, 0) is 104 Å². The van der Waals surface area contributed by atoms with E-state index in [4.69, 9.17) is 9.47 Å². The van der Waals surface area contributed by atoms with E-state index in [0.29, 0.717) is 18.0 Å². The Kier molecular flexibility index (Phi) is 7.86. The van der Waals surface area contributed by atoms with Crippen LogP contribution in [0.4, 0.5) is 5.69 Å². The molecule has 3 aliphatic carbocycles. The Balaban J connectivity index is 0.974. The average molecular weight is 772 g/mol. The number of hydrogen-bond donors (Lipinski definition) is 0. The number of nitrogens with zero attached hydrogens (tertiary/aromatic N) is 1. The van der Waals surface area contributed by atoms with Crippen molar-refractivity contribution in [3.8, 4) is 56.4 Å². The first-order valence-electron chi connectivity index (χ1n) is 20.9. The van der Waals surface area contributed by atoms with Crippen LogP contribution in [0.25, 0.3) is 33.4 Å². The third-order valence-corrected chi connectivity index (χ3v) is 13.0. The Morgan fingerprint density at radius 1 is 0.467 bits per heavy atom. The third kappa shape index (κ3) is 5.29. The van der Waals surface area contributed by atoms with E-state index >= 15 is 0 Å². The molecular formula is C57H41NO2. The zero-order chi connectivity index (χ0) is 39.8. The quantitative estimate of drug-likeness (QED) is 0.168. The summed E-state index contributed by atoms with van der Waals surface area (Å²) >= 11 is 0. The molecular weight excluding hydrogens is 731 g/mol. The van der Waals surface area contributed by atoms with E-state index in [1.54, 1.807) is 0 Å². The molecule has 60 heavy (non-hydrogen) atoms. The highest BCUT2D eigenvalue weighted by molar-refractivity contribution is 5.96. The first-order chi connectivity index (χ1) is 29.6. The SMILES string of the molecule is Cc1cc(CN(c2ccc3c(c2)Oc2cc4c(cc2O3)-c2ccccc2C42c3ccccc3-c3ccccc32)C2C=CC=CC2c2ccccc2)cc(-c2ccccc2)c1. The van der Waals surface area contributed by atoms with Gasteiger partial charge >= 0.3 is 0 Å². The molecule has 0 N–H and O–H groups in total. The second kappa shape index (κ2) is 13.6. The summed E-state index contributed by atoms with van der Waals surface area (Å²) in [6.07, 6.45) is 9.04. The van der Waals surface area contributed by atoms with Crippen molar-refractivity contribution in [2.24, 2.45) is 0 Å². The summed E-state index contributed by atoms with van der Waals surface area (Å²) in [5.41, 5.74) is 16.9. The van der Waals surface area contributed by atoms with Crippen molar-refractivity contribution in [2.75, 3.05) is 4.90 Å². The van der Waals surface area contributed by atoms with Gasteiger partial charge in [0, 0.05) is 24.2 Å². The Hall–Kier alpha value is -7.36. The van der Waals surface area contributed by atoms with Gasteiger partial charge < -0.3 is 14.4 Å². The van der Waals surface area contributed by atoms with Crippen LogP contribution in [0.15, 0.2) is 206 Å². The van der Waals surface area contributed by atoms with Crippen LogP contribution in [0.1, 0.15) is 44.9 Å². The highest BCUT2D eigenvalue weighted by atomic mass is 16.6. The smallest absolute Gasteiger partial charge is 0.172 e. The Morgan fingerprint density at radius 2 is 1.05 bits per heavy atom. The third-order valence-electron chi connectivity index (χ3n) is 13.0. The highest BCUT2D eigenvalue weighted by Crippen LogP contribution is 2.64. The molecule has 2 atom stereocenters. The van der Waals surface area contributed by atoms with Crippen molar-refractivity contribution < 1.29 is 9.47 Å². The van der Waals surface area contributed by atoms with Gasteiger partial charge in [-0.2, -0.15) is 0 Å². The van der Waals surface area contributed by atoms with Gasteiger partial charge in [-0.25, -0.2) is 0 Å². The van der Waals surface area contributed by atoms with Crippen LogP contribution in [0.3, 0.4) is 0 Å². The lowest BCUT2D eigenvalue weighted by molar-refractivity contribution is 0.359. The minimum absolute atomic E-state index is 0.0528. The van der Waals surface area contributed by atoms with Crippen LogP contribution in [0.5, 0.6) is 23.0 Å². The van der Waals surface area contributed by atoms with Gasteiger partial charge in [-0.15, -0.1) is 0 Å². The molecule has 1 heterocycles. The van der Waals surface area contributed by atoms with Crippen LogP contribution < -0.4 is 14.4 Å². The van der Waals surface area contributed by atoms with Gasteiger partial charge in [0.05, 0.1) is 11.5 Å². The maximum atomic E-state index is 7.03. The van der Waals surface area contributed by atoms with E-state index in [-0.39, 0.29) is 12.0 Å². The van der Waals surface area contributed by atoms with Gasteiger partial charge in [0.1, 0.15) is 0 Å². The van der Waals surface area contributed by atoms with Crippen LogP contribution >= 0.6 is 0 Å². The standard InChI is InChI=1S/C57H41NO2/c1-37-30-38(32-41(31-37)39-16-4-2-5-17-39)36-58(52-27-15-11-20-43(52)40-18-6-3-7-19-40)42-28-29-53-54(33-42)60-56-35-51-47(34-55(56)59-53)46-23-10-14-26-50(46)57(51)48-24-12-8-21-44(48)45-22-9-13-25-49(45)57/h2-35,43,52H,36H2,1H3. The molecule has 286 valence electrons. The summed E-state index contributed by atoms with van der Waals surface area (Å²) < 4.78 is 13.8. The molecule has 1 aliphatic heterocycles. The first kappa shape index (κ1) is 34.7. The summed E-state index contributed by atoms with van der Waals surface area (Å²) in [5.74, 6) is 3.04. The molecule has 0 saturated carbocycles. The van der Waals surface area contributed by atoms with Gasteiger partial charge in [-0.3, -0.25) is 0 Å². The topological polar surface area (TPSA) is 21.7 Å². The van der Waals surface area contributed by atoms with Crippen molar-refractivity contribution >= 4 is 5.69 Å². The largest absolute Gasteiger partial charge is 0.449 e. The number of hydrogen-bond acceptors (Lipinski definition) is 3. The normalized spacial score (nSPS) is 16.8. The second-order valence-electron chi connectivity index (χ2n) is 16.5. The fraction of sp³-hybridized carbons (Fsp3) is 0.0877. The molecule has 2 unspecified atom stereocenters. The number of allylic oxidation sites excluding steroid dienone is 2. The van der Waals surface area contributed by atoms with Gasteiger partial charge in [0.25, 0.3) is 0 Å². The molecule has 12 rings (SSSR count). The predicted octanol–water partition coefficient (Wildman–Crippen LogP) is 14.2. The van der Waals surface area contributed by atoms with Crippen molar-refractivity contribution in [1.29, 1.82) is 0 Å². The van der Waals surface area contributed by atoms with Crippen LogP contribution in [0, 0.1) is 6.92 Å². The predicted molar refractivity (Wildman–Crippen MR) is 243 cm³/mol. The average Bonchev–Trinajstić information content (AvgIpc) is 3.76. The zero-order valence-electron chi connectivity index (χ0n) is 33.3. The molecule has 0 aromatic heterocycles. The van der Waals surface area contributed by atoms with E-state index in [1.807, 2.05) is 0 Å². The van der Waals surface area contributed by atoms with Crippen molar-refractivity contribution in [1.82, 2.24) is 0 Å². The Bertz CT molecular complexity index is 3010. The van der Waals surface area contributed by atoms with Crippen molar-refractivity contribution in [3.63, 3.8) is 0 Å². The summed E-state index contributed by atoms with van der Waals surface area (Å²) in [6, 6.07) is 66.1. The summed E-state index contributed by atoms with van der Waals surface area (Å²) in [4.78, 5) is 2.53. The molecule has 0 amide bonds. The minimum atomic E-state index is -0.462. The molecule has 3 heteroatoms. The number of benzene rings is 8. The lowest BCUT2D eigenvalue weighted by Gasteiger charge is -2.38. The molecule has 0 fully saturated rings. The van der Waals surface area contributed by atoms with Crippen molar-refractivity contribution in [2.45, 2.75) is 30.8 Å². The van der Waals surface area contributed by atoms with Gasteiger partial charge in [0.2, 0.25) is 0 Å². The first-order valence-corrected chi connectivity index (χ1v) is 20.9. The molecule has 0 radical (unpaired) electrons. The lowest BCUT2D eigenvalue weighted by Crippen LogP contribution is -2.38. The number of fused-ring (bicyclic) bond motifs is 12. The van der Waals surface area contributed by atoms with E-state index in [0.717, 1.165) is 17.2 Å². The molecule has 4 aliphatic rings. The van der Waals surface area contributed by atoms with Gasteiger partial charge in [0.15, 0.2) is 23.0 Å². The van der Waals surface area contributed by atoms with Crippen molar-refractivity contribution in [3.05, 3.63) is 245 Å². The van der Waals surface area contributed by atoms with E-state index < -0.39 is 5.41 Å². The fourth-order valence-electron chi connectivity index (χ4n) is 10.5. The maximum Gasteiger partial charge on any atom is 0.172 e. The van der Waals surface area contributed by atoms with Crippen LogP contribution in [0.2, 0.25) is 0 Å². The Morgan fingerprint density at radius 3 is 1.77 bits per heavy atom. The molecule has 8 aromatic rings. The molecule has 8 aromatic carbocycles. The fourth-order valence-corrected chi connectivity index (χ4v) is 10.5. The number of rotatable bonds is 6. The van der Waals surface area contributed by atoms with Gasteiger partial charge in [-0.1, -0.05) is 175 Å². The summed E-state index contributed by atoms with van der Waals surface area (Å²) in [5, 5.41) is 0. The monoisotopic (exact) mass is 771 g/mol. The number of anilines is 1. The second-order valence-corrected chi connectivity index (χ2v) is 16.5. The van der Waals surface area contributed by atoms with E-state index in [1.165, 1.54) is 72.3 Å². The van der Waals surface area contributed by atoms with Crippen LogP contribution in [-0.2, 0) is 12.0 Å². The molecule has 3 nitrogen and oxygen atoms in total. The zero-order valence-corrected chi connectivity index (χ0v) is 33.3. The number of aryl methyl sites for hydroxylation is 1. The number of ether oxygens (including phenoxy) is 2. The highest BCUT2D eigenvalue weighted by Gasteiger charge is 2.52. The summed E-state index contributed by atoms with van der Waals surface area (Å²) in [7, 11) is 0. The minimum Gasteiger partial charge on any atom is -0.449 e. The Labute approximate surface area is 351 Å². The maximum absolute atomic E-state index is 7.03.